The van der Waals surface area contributed by atoms with Crippen molar-refractivity contribution < 1.29 is 41.1 Å². The van der Waals surface area contributed by atoms with E-state index in [1.165, 1.54) is 6.07 Å². The molecule has 0 saturated heterocycles. The summed E-state index contributed by atoms with van der Waals surface area (Å²) < 4.78 is 74.1. The minimum atomic E-state index is -4.58. The van der Waals surface area contributed by atoms with Gasteiger partial charge in [0.2, 0.25) is 18.0 Å². The zero-order chi connectivity index (χ0) is 30.2. The van der Waals surface area contributed by atoms with E-state index in [9.17, 15) is 36.3 Å². The first-order valence-electron chi connectivity index (χ1n) is 13.6. The van der Waals surface area contributed by atoms with E-state index in [0.29, 0.717) is 11.1 Å². The highest BCUT2D eigenvalue weighted by Gasteiger charge is 2.46. The van der Waals surface area contributed by atoms with E-state index in [0.717, 1.165) is 17.7 Å². The van der Waals surface area contributed by atoms with Gasteiger partial charge in [-0.25, -0.2) is 13.8 Å². The molecule has 224 valence electrons. The molecule has 0 aromatic heterocycles. The summed E-state index contributed by atoms with van der Waals surface area (Å²) in [7, 11) is 0. The number of hydrogen-bond donors (Lipinski definition) is 2. The summed E-state index contributed by atoms with van der Waals surface area (Å²) >= 11 is 0. The second kappa shape index (κ2) is 11.3. The van der Waals surface area contributed by atoms with Gasteiger partial charge in [0.05, 0.1) is 17.9 Å². The van der Waals surface area contributed by atoms with Gasteiger partial charge in [-0.1, -0.05) is 55.3 Å². The number of nitrogens with two attached hydrogens (primary N) is 1. The number of nitrogens with one attached hydrogen (secondary N) is 1. The SMILES string of the molecule is NC(=O)[C@H](CCC(F)(F)F)[C@H](CC1CC1)C(=O)N[C@H]1N=C(c2ccccc2)c2cccc3c2N(CC(F)(F)CO3)C1=O. The Bertz CT molecular complexity index is 1390. The zero-order valence-electron chi connectivity index (χ0n) is 22.4. The van der Waals surface area contributed by atoms with Crippen LogP contribution in [0.5, 0.6) is 5.75 Å². The maximum absolute atomic E-state index is 14.8. The van der Waals surface area contributed by atoms with Crippen LogP contribution >= 0.6 is 0 Å². The number of alkyl halides is 5. The van der Waals surface area contributed by atoms with Crippen molar-refractivity contribution in [1.82, 2.24) is 5.32 Å². The number of ether oxygens (including phenoxy) is 1. The summed E-state index contributed by atoms with van der Waals surface area (Å²) in [4.78, 5) is 45.2. The van der Waals surface area contributed by atoms with Gasteiger partial charge in [0, 0.05) is 29.4 Å². The fourth-order valence-corrected chi connectivity index (χ4v) is 5.43. The van der Waals surface area contributed by atoms with Crippen LogP contribution in [0.1, 0.15) is 43.2 Å². The Hall–Kier alpha value is -4.03. The van der Waals surface area contributed by atoms with Crippen LogP contribution in [0, 0.1) is 17.8 Å². The molecule has 2 aliphatic heterocycles. The van der Waals surface area contributed by atoms with Crippen LogP contribution < -0.4 is 20.7 Å². The molecule has 3 N–H and O–H groups in total. The lowest BCUT2D eigenvalue weighted by molar-refractivity contribution is -0.146. The maximum Gasteiger partial charge on any atom is 0.389 e. The van der Waals surface area contributed by atoms with E-state index in [1.807, 2.05) is 0 Å². The Morgan fingerprint density at radius 3 is 2.45 bits per heavy atom. The Balaban J connectivity index is 1.55. The van der Waals surface area contributed by atoms with Crippen molar-refractivity contribution in [2.45, 2.75) is 50.4 Å². The van der Waals surface area contributed by atoms with Gasteiger partial charge in [-0.15, -0.1) is 0 Å². The summed E-state index contributed by atoms with van der Waals surface area (Å²) in [6, 6.07) is 13.2. The lowest BCUT2D eigenvalue weighted by Crippen LogP contribution is -2.53. The largest absolute Gasteiger partial charge is 0.485 e. The number of benzene rings is 2. The van der Waals surface area contributed by atoms with Crippen LogP contribution in [0.3, 0.4) is 0 Å². The predicted molar refractivity (Wildman–Crippen MR) is 142 cm³/mol. The molecule has 2 heterocycles. The van der Waals surface area contributed by atoms with Crippen molar-refractivity contribution in [3.05, 3.63) is 59.7 Å². The lowest BCUT2D eigenvalue weighted by atomic mass is 9.83. The molecule has 5 rings (SSSR count). The minimum absolute atomic E-state index is 0.00923. The molecular weight excluding hydrogens is 563 g/mol. The number of anilines is 1. The van der Waals surface area contributed by atoms with Gasteiger partial charge in [-0.3, -0.25) is 19.3 Å². The molecule has 0 bridgehead atoms. The molecule has 1 aliphatic carbocycles. The number of carbonyl (C=O) groups is 3. The number of hydrogen-bond acceptors (Lipinski definition) is 5. The summed E-state index contributed by atoms with van der Waals surface area (Å²) in [5.74, 6) is -9.07. The van der Waals surface area contributed by atoms with Gasteiger partial charge < -0.3 is 15.8 Å². The fourth-order valence-electron chi connectivity index (χ4n) is 5.43. The monoisotopic (exact) mass is 592 g/mol. The minimum Gasteiger partial charge on any atom is -0.485 e. The van der Waals surface area contributed by atoms with E-state index < -0.39 is 73.8 Å². The first-order chi connectivity index (χ1) is 19.8. The van der Waals surface area contributed by atoms with Crippen LogP contribution in [0.4, 0.5) is 27.6 Å². The van der Waals surface area contributed by atoms with Crippen molar-refractivity contribution >= 4 is 29.1 Å². The highest BCUT2D eigenvalue weighted by molar-refractivity contribution is 6.21. The van der Waals surface area contributed by atoms with Crippen molar-refractivity contribution in [1.29, 1.82) is 0 Å². The highest BCUT2D eigenvalue weighted by Crippen LogP contribution is 2.42. The predicted octanol–water partition coefficient (Wildman–Crippen LogP) is 4.20. The summed E-state index contributed by atoms with van der Waals surface area (Å²) in [5.41, 5.74) is 6.58. The quantitative estimate of drug-likeness (QED) is 0.425. The van der Waals surface area contributed by atoms with Crippen molar-refractivity contribution in [2.24, 2.45) is 28.5 Å². The molecule has 0 spiro atoms. The number of amides is 3. The van der Waals surface area contributed by atoms with Crippen molar-refractivity contribution in [2.75, 3.05) is 18.1 Å². The van der Waals surface area contributed by atoms with Gasteiger partial charge in [-0.2, -0.15) is 13.2 Å². The van der Waals surface area contributed by atoms with Crippen molar-refractivity contribution in [3.63, 3.8) is 0 Å². The molecule has 2 aromatic carbocycles. The molecule has 42 heavy (non-hydrogen) atoms. The molecule has 0 radical (unpaired) electrons. The number of halogens is 5. The first-order valence-corrected chi connectivity index (χ1v) is 13.6. The van der Waals surface area contributed by atoms with Crippen LogP contribution in [0.2, 0.25) is 0 Å². The van der Waals surface area contributed by atoms with Gasteiger partial charge in [0.25, 0.3) is 11.8 Å². The third-order valence-electron chi connectivity index (χ3n) is 7.65. The third kappa shape index (κ3) is 6.55. The van der Waals surface area contributed by atoms with E-state index in [-0.39, 0.29) is 29.5 Å². The smallest absolute Gasteiger partial charge is 0.389 e. The molecular formula is C29H29F5N4O4. The Morgan fingerprint density at radius 2 is 1.81 bits per heavy atom. The van der Waals surface area contributed by atoms with E-state index in [1.54, 1.807) is 42.5 Å². The van der Waals surface area contributed by atoms with E-state index in [4.69, 9.17) is 10.5 Å². The number of aliphatic imine (C=N–C) groups is 1. The molecule has 3 atom stereocenters. The van der Waals surface area contributed by atoms with Crippen LogP contribution in [-0.4, -0.2) is 54.8 Å². The Morgan fingerprint density at radius 1 is 1.10 bits per heavy atom. The Labute approximate surface area is 238 Å². The number of rotatable bonds is 9. The summed E-state index contributed by atoms with van der Waals surface area (Å²) in [5, 5.41) is 2.47. The van der Waals surface area contributed by atoms with Crippen molar-refractivity contribution in [3.8, 4) is 5.75 Å². The zero-order valence-corrected chi connectivity index (χ0v) is 22.4. The number of primary amides is 1. The van der Waals surface area contributed by atoms with Crippen LogP contribution in [0.25, 0.3) is 0 Å². The molecule has 13 heteroatoms. The Kier molecular flexibility index (Phi) is 7.95. The van der Waals surface area contributed by atoms with Gasteiger partial charge >= 0.3 is 6.18 Å². The molecule has 8 nitrogen and oxygen atoms in total. The molecule has 2 aromatic rings. The molecule has 3 aliphatic rings. The van der Waals surface area contributed by atoms with Crippen LogP contribution in [0.15, 0.2) is 53.5 Å². The molecule has 3 amide bonds. The van der Waals surface area contributed by atoms with Gasteiger partial charge in [0.15, 0.2) is 6.61 Å². The average molecular weight is 593 g/mol. The normalized spacial score (nSPS) is 21.2. The molecule has 1 fully saturated rings. The van der Waals surface area contributed by atoms with Gasteiger partial charge in [0.1, 0.15) is 5.75 Å². The average Bonchev–Trinajstić information content (AvgIpc) is 3.77. The first kappa shape index (κ1) is 29.5. The molecule has 1 saturated carbocycles. The molecule has 0 unspecified atom stereocenters. The third-order valence-corrected chi connectivity index (χ3v) is 7.65. The number of nitrogens with zero attached hydrogens (tertiary/aromatic N) is 2. The van der Waals surface area contributed by atoms with Crippen LogP contribution in [-0.2, 0) is 14.4 Å². The standard InChI is InChI=1S/C29H29F5N4O4/c30-28(31)14-38-23-19(7-4-8-21(23)42-15-28)22(17-5-2-1-3-6-17)36-25(27(38)41)37-26(40)20(13-16-9-10-16)18(24(35)39)11-12-29(32,33)34/h1-8,16,18,20,25H,9-15H2,(H2,35,39)(H,37,40)/t18-,20+,25-/m1/s1. The number of para-hydroxylation sites is 1. The second-order valence-corrected chi connectivity index (χ2v) is 10.9. The fraction of sp³-hybridized carbons (Fsp3) is 0.448. The topological polar surface area (TPSA) is 114 Å². The maximum atomic E-state index is 14.8. The lowest BCUT2D eigenvalue weighted by Gasteiger charge is -2.28. The van der Waals surface area contributed by atoms with E-state index >= 15 is 0 Å². The highest BCUT2D eigenvalue weighted by atomic mass is 19.4. The second-order valence-electron chi connectivity index (χ2n) is 10.9. The van der Waals surface area contributed by atoms with Gasteiger partial charge in [-0.05, 0) is 24.8 Å². The van der Waals surface area contributed by atoms with E-state index in [2.05, 4.69) is 10.3 Å². The number of carbonyl (C=O) groups excluding carboxylic acids is 3. The summed E-state index contributed by atoms with van der Waals surface area (Å²) in [6.45, 7) is -2.04. The summed E-state index contributed by atoms with van der Waals surface area (Å²) in [6.07, 6.45) is -6.78.